The first-order valence-corrected chi connectivity index (χ1v) is 7.24. The van der Waals surface area contributed by atoms with E-state index in [-0.39, 0.29) is 11.4 Å². The molecule has 1 heterocycles. The quantitative estimate of drug-likeness (QED) is 0.611. The van der Waals surface area contributed by atoms with Gasteiger partial charge in [0.05, 0.1) is 18.9 Å². The highest BCUT2D eigenvalue weighted by atomic mass is 16.5. The Bertz CT molecular complexity index is 463. The monoisotopic (exact) mass is 297 g/mol. The van der Waals surface area contributed by atoms with Crippen LogP contribution in [0.15, 0.2) is 6.20 Å². The molecule has 0 amide bonds. The van der Waals surface area contributed by atoms with Gasteiger partial charge < -0.3 is 9.47 Å². The molecule has 6 heteroatoms. The minimum absolute atomic E-state index is 0.149. The Balaban J connectivity index is 3.10. The lowest BCUT2D eigenvalue weighted by atomic mass is 9.87. The zero-order chi connectivity index (χ0) is 16.0. The van der Waals surface area contributed by atoms with E-state index in [1.54, 1.807) is 18.7 Å². The van der Waals surface area contributed by atoms with Crippen LogP contribution in [0.4, 0.5) is 0 Å². The Morgan fingerprint density at radius 3 is 2.67 bits per heavy atom. The van der Waals surface area contributed by atoms with E-state index >= 15 is 0 Å². The van der Waals surface area contributed by atoms with Gasteiger partial charge in [0.2, 0.25) is 0 Å². The lowest BCUT2D eigenvalue weighted by Crippen LogP contribution is -2.34. The second kappa shape index (κ2) is 7.56. The number of nitrogens with one attached hydrogen (secondary N) is 1. The zero-order valence-corrected chi connectivity index (χ0v) is 13.9. The fourth-order valence-electron chi connectivity index (χ4n) is 2.15. The lowest BCUT2D eigenvalue weighted by molar-refractivity contribution is -0.145. The topological polar surface area (TPSA) is 65.4 Å². The van der Waals surface area contributed by atoms with Gasteiger partial charge in [-0.15, -0.1) is 0 Å². The minimum Gasteiger partial charge on any atom is -0.465 e. The Morgan fingerprint density at radius 2 is 2.14 bits per heavy atom. The first kappa shape index (κ1) is 17.7. The summed E-state index contributed by atoms with van der Waals surface area (Å²) in [5, 5.41) is 7.71. The molecule has 0 aliphatic rings. The SMILES string of the molecule is CCOC(=O)C(NCCOC)c1cn(C)nc1C(C)(C)C. The van der Waals surface area contributed by atoms with Crippen molar-refractivity contribution in [2.24, 2.45) is 7.05 Å². The van der Waals surface area contributed by atoms with Gasteiger partial charge in [-0.25, -0.2) is 4.79 Å². The van der Waals surface area contributed by atoms with Crippen molar-refractivity contribution in [3.05, 3.63) is 17.5 Å². The summed E-state index contributed by atoms with van der Waals surface area (Å²) in [5.41, 5.74) is 1.61. The van der Waals surface area contributed by atoms with Crippen molar-refractivity contribution in [2.75, 3.05) is 26.9 Å². The van der Waals surface area contributed by atoms with E-state index in [0.29, 0.717) is 19.8 Å². The molecule has 1 aromatic rings. The second-order valence-corrected chi connectivity index (χ2v) is 5.99. The predicted molar refractivity (Wildman–Crippen MR) is 81.2 cm³/mol. The van der Waals surface area contributed by atoms with E-state index in [1.807, 2.05) is 13.2 Å². The van der Waals surface area contributed by atoms with Crippen LogP contribution in [0.1, 0.15) is 45.0 Å². The van der Waals surface area contributed by atoms with E-state index in [0.717, 1.165) is 11.3 Å². The third-order valence-electron chi connectivity index (χ3n) is 3.06. The highest BCUT2D eigenvalue weighted by Crippen LogP contribution is 2.29. The summed E-state index contributed by atoms with van der Waals surface area (Å²) in [4.78, 5) is 12.3. The van der Waals surface area contributed by atoms with Gasteiger partial charge in [-0.2, -0.15) is 5.10 Å². The molecule has 1 aromatic heterocycles. The van der Waals surface area contributed by atoms with Gasteiger partial charge in [0.15, 0.2) is 0 Å². The maximum atomic E-state index is 12.3. The van der Waals surface area contributed by atoms with Crippen LogP contribution in [-0.2, 0) is 26.7 Å². The van der Waals surface area contributed by atoms with Crippen LogP contribution in [0.3, 0.4) is 0 Å². The maximum Gasteiger partial charge on any atom is 0.327 e. The molecule has 120 valence electrons. The second-order valence-electron chi connectivity index (χ2n) is 5.99. The molecule has 0 aliphatic carbocycles. The molecular formula is C15H27N3O3. The van der Waals surface area contributed by atoms with Gasteiger partial charge in [0.25, 0.3) is 0 Å². The van der Waals surface area contributed by atoms with Crippen molar-refractivity contribution in [2.45, 2.75) is 39.2 Å². The highest BCUT2D eigenvalue weighted by Gasteiger charge is 2.31. The molecule has 0 radical (unpaired) electrons. The normalized spacial score (nSPS) is 13.2. The van der Waals surface area contributed by atoms with Crippen LogP contribution in [0.5, 0.6) is 0 Å². The number of nitrogens with zero attached hydrogens (tertiary/aromatic N) is 2. The van der Waals surface area contributed by atoms with Gasteiger partial charge >= 0.3 is 5.97 Å². The number of rotatable bonds is 7. The Morgan fingerprint density at radius 1 is 1.48 bits per heavy atom. The standard InChI is InChI=1S/C15H27N3O3/c1-7-21-14(19)12(16-8-9-20-6)11-10-18(5)17-13(11)15(2,3)4/h10,12,16H,7-9H2,1-6H3. The van der Waals surface area contributed by atoms with Crippen LogP contribution in [0, 0.1) is 0 Å². The van der Waals surface area contributed by atoms with E-state index in [2.05, 4.69) is 31.2 Å². The summed E-state index contributed by atoms with van der Waals surface area (Å²) in [6.45, 7) is 9.49. The van der Waals surface area contributed by atoms with Gasteiger partial charge in [-0.1, -0.05) is 20.8 Å². The fourth-order valence-corrected chi connectivity index (χ4v) is 2.15. The van der Waals surface area contributed by atoms with Crippen LogP contribution >= 0.6 is 0 Å². The average molecular weight is 297 g/mol. The van der Waals surface area contributed by atoms with E-state index < -0.39 is 6.04 Å². The Hall–Kier alpha value is -1.40. The summed E-state index contributed by atoms with van der Waals surface area (Å²) in [5.74, 6) is -0.285. The molecular weight excluding hydrogens is 270 g/mol. The maximum absolute atomic E-state index is 12.3. The number of aromatic nitrogens is 2. The van der Waals surface area contributed by atoms with Crippen molar-refractivity contribution in [3.8, 4) is 0 Å². The zero-order valence-electron chi connectivity index (χ0n) is 13.9. The van der Waals surface area contributed by atoms with Crippen molar-refractivity contribution >= 4 is 5.97 Å². The van der Waals surface area contributed by atoms with E-state index in [4.69, 9.17) is 9.47 Å². The molecule has 0 fully saturated rings. The van der Waals surface area contributed by atoms with Gasteiger partial charge in [0.1, 0.15) is 6.04 Å². The lowest BCUT2D eigenvalue weighted by Gasteiger charge is -2.22. The number of carbonyl (C=O) groups excluding carboxylic acids is 1. The van der Waals surface area contributed by atoms with Crippen molar-refractivity contribution in [1.82, 2.24) is 15.1 Å². The molecule has 6 nitrogen and oxygen atoms in total. The summed E-state index contributed by atoms with van der Waals surface area (Å²) in [6.07, 6.45) is 1.88. The van der Waals surface area contributed by atoms with Crippen LogP contribution in [0.2, 0.25) is 0 Å². The minimum atomic E-state index is -0.525. The number of aryl methyl sites for hydroxylation is 1. The number of esters is 1. The van der Waals surface area contributed by atoms with Gasteiger partial charge in [0, 0.05) is 37.9 Å². The smallest absolute Gasteiger partial charge is 0.327 e. The third kappa shape index (κ3) is 4.82. The van der Waals surface area contributed by atoms with Crippen molar-refractivity contribution < 1.29 is 14.3 Å². The molecule has 1 unspecified atom stereocenters. The number of ether oxygens (including phenoxy) is 2. The molecule has 1 atom stereocenters. The van der Waals surface area contributed by atoms with E-state index in [1.165, 1.54) is 0 Å². The molecule has 1 N–H and O–H groups in total. The summed E-state index contributed by atoms with van der Waals surface area (Å²) < 4.78 is 12.0. The molecule has 0 saturated heterocycles. The third-order valence-corrected chi connectivity index (χ3v) is 3.06. The molecule has 1 rings (SSSR count). The predicted octanol–water partition coefficient (Wildman–Crippen LogP) is 1.56. The van der Waals surface area contributed by atoms with Crippen molar-refractivity contribution in [3.63, 3.8) is 0 Å². The van der Waals surface area contributed by atoms with Gasteiger partial charge in [-0.05, 0) is 6.92 Å². The molecule has 21 heavy (non-hydrogen) atoms. The summed E-state index contributed by atoms with van der Waals surface area (Å²) in [7, 11) is 3.49. The number of carbonyl (C=O) groups is 1. The molecule has 0 aromatic carbocycles. The summed E-state index contributed by atoms with van der Waals surface area (Å²) in [6, 6.07) is -0.525. The number of methoxy groups -OCH3 is 1. The van der Waals surface area contributed by atoms with Crippen LogP contribution in [-0.4, -0.2) is 42.6 Å². The van der Waals surface area contributed by atoms with Crippen LogP contribution < -0.4 is 5.32 Å². The van der Waals surface area contributed by atoms with Crippen LogP contribution in [0.25, 0.3) is 0 Å². The largest absolute Gasteiger partial charge is 0.465 e. The fraction of sp³-hybridized carbons (Fsp3) is 0.733. The van der Waals surface area contributed by atoms with Crippen molar-refractivity contribution in [1.29, 1.82) is 0 Å². The first-order valence-electron chi connectivity index (χ1n) is 7.24. The Kier molecular flexibility index (Phi) is 6.36. The first-order chi connectivity index (χ1) is 9.81. The average Bonchev–Trinajstić information content (AvgIpc) is 2.76. The molecule has 0 saturated carbocycles. The molecule has 0 spiro atoms. The number of hydrogen-bond donors (Lipinski definition) is 1. The number of hydrogen-bond acceptors (Lipinski definition) is 5. The highest BCUT2D eigenvalue weighted by molar-refractivity contribution is 5.78. The molecule has 0 aliphatic heterocycles. The van der Waals surface area contributed by atoms with E-state index in [9.17, 15) is 4.79 Å². The summed E-state index contributed by atoms with van der Waals surface area (Å²) >= 11 is 0. The Labute approximate surface area is 126 Å². The van der Waals surface area contributed by atoms with Gasteiger partial charge in [-0.3, -0.25) is 10.00 Å². The molecule has 0 bridgehead atoms.